The number of nitrogens with one attached hydrogen (secondary N) is 1. The zero-order valence-electron chi connectivity index (χ0n) is 34.6. The summed E-state index contributed by atoms with van der Waals surface area (Å²) < 4.78 is 5.38. The molecule has 0 rings (SSSR count). The Morgan fingerprint density at radius 1 is 0.614 bits per heavy atom. The van der Waals surface area contributed by atoms with E-state index in [1.807, 2.05) is 9.34 Å². The summed E-state index contributed by atoms with van der Waals surface area (Å²) >= 11 is 0. The molecule has 0 fully saturated rings. The second kappa shape index (κ2) is 64.3. The van der Waals surface area contributed by atoms with E-state index in [9.17, 15) is 28.8 Å². The van der Waals surface area contributed by atoms with Crippen LogP contribution >= 0.6 is 28.2 Å². The van der Waals surface area contributed by atoms with Crippen molar-refractivity contribution in [3.63, 3.8) is 0 Å². The van der Waals surface area contributed by atoms with E-state index in [1.54, 1.807) is 24.8 Å². The number of hydrogen-bond acceptors (Lipinski definition) is 10. The molecule has 0 aromatic rings. The molecule has 0 spiro atoms. The first-order valence-electron chi connectivity index (χ1n) is 15.7. The number of carboxylic acids is 1. The van der Waals surface area contributed by atoms with Crippen LogP contribution in [0.2, 0.25) is 0 Å². The number of ketones is 3. The fourth-order valence-corrected chi connectivity index (χ4v) is 3.51. The van der Waals surface area contributed by atoms with Crippen LogP contribution in [0, 0.1) is 107 Å². The molecule has 8 unspecified atom stereocenters. The number of aliphatic carboxylic acids is 1. The van der Waals surface area contributed by atoms with Crippen LogP contribution < -0.4 is 5.32 Å². The molecule has 329 valence electrons. The molecule has 0 aliphatic heterocycles. The summed E-state index contributed by atoms with van der Waals surface area (Å²) in [6, 6.07) is -0.428. The van der Waals surface area contributed by atoms with E-state index in [2.05, 4.69) is 103 Å². The molecule has 0 bridgehead atoms. The predicted molar refractivity (Wildman–Crippen MR) is 218 cm³/mol. The van der Waals surface area contributed by atoms with Gasteiger partial charge in [-0.25, -0.2) is 0 Å². The summed E-state index contributed by atoms with van der Waals surface area (Å²) in [5.41, 5.74) is 0. The standard InChI is InChI=1S/C9H15NO2.C7H14NOP.C7H13NO.C6H12NO2P.C6H11NOP.Ar.W.5Y.H2/c1-5-10(9(4)12)7(2)6-8(3)11;1-4-8(10)6(2)5-7(3)9;1-4-8-6(2)5-7(3)9;1-3-7(10)5(2)4-6(8)9;1-3-7(9)6(2)4-5-8;;;;;;;;/h7H,1-2,5-6H2,3-4H3;6H,1-2,4-5,10H2,3H3;6,8H,1-2,4-5H2,3H3;5H,1-4,10H2,(H,8,9);6H,1-4,9H2;;;;;;;;1H/q4*-2;-3;;;;;;;;/i;;;;;;;;;;;;1+0. The predicted octanol–water partition coefficient (Wildman–Crippen LogP) is 3.97. The Balaban J connectivity index is -0.0000000385. The molecule has 0 aromatic carbocycles. The van der Waals surface area contributed by atoms with Gasteiger partial charge in [-0.1, -0.05) is 34.2 Å². The molecule has 22 heteroatoms. The fraction of sp³-hybridized carbons (Fsp3) is 0.543. The van der Waals surface area contributed by atoms with Crippen LogP contribution in [0.5, 0.6) is 0 Å². The summed E-state index contributed by atoms with van der Waals surface area (Å²) in [4.78, 5) is 64.1. The maximum absolute atomic E-state index is 10.9. The minimum atomic E-state index is -0.832. The van der Waals surface area contributed by atoms with E-state index >= 15 is 0 Å². The van der Waals surface area contributed by atoms with Crippen molar-refractivity contribution in [2.45, 2.75) is 90.0 Å². The van der Waals surface area contributed by atoms with Crippen LogP contribution in [-0.4, -0.2) is 122 Å². The van der Waals surface area contributed by atoms with Gasteiger partial charge in [-0.2, -0.15) is 6.42 Å². The number of carboxylic acid groups (broad SMARTS) is 1. The summed E-state index contributed by atoms with van der Waals surface area (Å²) in [6.07, 6.45) is 3.48. The Morgan fingerprint density at radius 2 is 0.930 bits per heavy atom. The summed E-state index contributed by atoms with van der Waals surface area (Å²) in [7, 11) is 7.33. The van der Waals surface area contributed by atoms with Gasteiger partial charge in [0.25, 0.3) is 0 Å². The molecule has 0 aliphatic rings. The van der Waals surface area contributed by atoms with Crippen molar-refractivity contribution in [2.24, 2.45) is 0 Å². The van der Waals surface area contributed by atoms with Crippen molar-refractivity contribution in [1.29, 1.82) is 0 Å². The molecule has 0 aliphatic carbocycles. The topological polar surface area (TPSA) is 148 Å². The van der Waals surface area contributed by atoms with Gasteiger partial charge in [0.05, 0.1) is 0 Å². The third kappa shape index (κ3) is 71.4. The van der Waals surface area contributed by atoms with Crippen LogP contribution in [0.25, 0.3) is 0 Å². The number of nitrogens with zero attached hydrogens (tertiary/aromatic N) is 4. The second-order valence-corrected chi connectivity index (χ2v) is 12.8. The van der Waals surface area contributed by atoms with Crippen molar-refractivity contribution < 1.29 is 258 Å². The van der Waals surface area contributed by atoms with Crippen LogP contribution in [0.3, 0.4) is 0 Å². The molecule has 0 aromatic heterocycles. The SMILES string of the molecule is [1HH].[Ar].[CH2-]CN(C(C)=O)C([CH2-])CC(C)=O.[CH2-]CN(P)C([CH2-])CC(=O)O.[CH2-]CN(P)C([CH2-])CC(C)=O.[CH2-]CN(P)C([CH2-])C[C-]=O.[CH2-]CNC([CH2-])CC(C)=O.[W].[Y].[Y].[Y].[Y].[Y]. The van der Waals surface area contributed by atoms with Crippen molar-refractivity contribution in [3.05, 3.63) is 69.2 Å². The fourth-order valence-electron chi connectivity index (χ4n) is 3.19. The zero-order chi connectivity index (χ0) is 40.6. The van der Waals surface area contributed by atoms with E-state index in [0.717, 1.165) is 0 Å². The molecule has 0 saturated heterocycles. The molecule has 2 N–H and O–H groups in total. The van der Waals surface area contributed by atoms with E-state index in [4.69, 9.17) is 5.11 Å². The number of amides is 1. The minimum absolute atomic E-state index is 0. The van der Waals surface area contributed by atoms with E-state index in [0.29, 0.717) is 58.4 Å². The molecular formula is C35H67ArN5O7P3WY5-11. The van der Waals surface area contributed by atoms with Gasteiger partial charge in [-0.3, -0.25) is 15.9 Å². The Labute approximate surface area is 528 Å². The number of carbonyl (C=O) groups is 5. The van der Waals surface area contributed by atoms with E-state index < -0.39 is 5.97 Å². The largest absolute Gasteiger partial charge is 0.542 e. The van der Waals surface area contributed by atoms with Crippen LogP contribution in [0.4, 0.5) is 0 Å². The van der Waals surface area contributed by atoms with Crippen LogP contribution in [0.1, 0.15) is 61.2 Å². The van der Waals surface area contributed by atoms with Crippen molar-refractivity contribution in [2.75, 3.05) is 32.7 Å². The Bertz CT molecular complexity index is 936. The van der Waals surface area contributed by atoms with Gasteiger partial charge < -0.3 is 118 Å². The van der Waals surface area contributed by atoms with E-state index in [-0.39, 0.29) is 284 Å². The minimum Gasteiger partial charge on any atom is -0.542 e. The van der Waals surface area contributed by atoms with Gasteiger partial charge in [0.15, 0.2) is 0 Å². The molecule has 12 nitrogen and oxygen atoms in total. The van der Waals surface area contributed by atoms with Gasteiger partial charge in [0.2, 0.25) is 5.91 Å². The van der Waals surface area contributed by atoms with E-state index in [1.165, 1.54) is 18.7 Å². The quantitative estimate of drug-likeness (QED) is 0.135. The first-order chi connectivity index (χ1) is 23.0. The van der Waals surface area contributed by atoms with Gasteiger partial charge in [0, 0.05) is 237 Å². The maximum Gasteiger partial charge on any atom is 0.302 e. The normalized spacial score (nSPS) is 11.6. The molecule has 5 radical (unpaired) electrons. The molecule has 0 saturated carbocycles. The first kappa shape index (κ1) is 93.3. The molecule has 8 atom stereocenters. The summed E-state index contributed by atoms with van der Waals surface area (Å²) in [5, 5.41) is 11.3. The molecule has 57 heavy (non-hydrogen) atoms. The summed E-state index contributed by atoms with van der Waals surface area (Å²) in [6.45, 7) is 45.5. The smallest absolute Gasteiger partial charge is 0.302 e. The monoisotopic (exact) mass is 1430 g/mol. The van der Waals surface area contributed by atoms with Gasteiger partial charge >= 0.3 is 5.97 Å². The van der Waals surface area contributed by atoms with Crippen molar-refractivity contribution in [1.82, 2.24) is 24.2 Å². The number of carbonyl (C=O) groups excluding carboxylic acids is 5. The van der Waals surface area contributed by atoms with Gasteiger partial charge in [-0.05, 0) is 40.0 Å². The number of rotatable bonds is 20. The second-order valence-electron chi connectivity index (χ2n) is 10.9. The Hall–Kier alpha value is 6.22. The third-order valence-electron chi connectivity index (χ3n) is 6.01. The van der Waals surface area contributed by atoms with Gasteiger partial charge in [0.1, 0.15) is 17.3 Å². The number of hydrogen-bond donors (Lipinski definition) is 2. The molecule has 0 heterocycles. The average Bonchev–Trinajstić information content (AvgIpc) is 3.00. The first-order valence-corrected chi connectivity index (χ1v) is 17.3. The number of Topliss-reactive ketones (excluding diaryl/α,β-unsaturated/α-hetero) is 3. The third-order valence-corrected chi connectivity index (χ3v) is 8.05. The maximum atomic E-state index is 10.9. The average molecular weight is 1430 g/mol. The van der Waals surface area contributed by atoms with Crippen molar-refractivity contribution >= 4 is 63.7 Å². The summed E-state index contributed by atoms with van der Waals surface area (Å²) in [5.74, 6) is -0.557. The van der Waals surface area contributed by atoms with Gasteiger partial charge in [-0.15, -0.1) is 56.9 Å². The van der Waals surface area contributed by atoms with Crippen LogP contribution in [-0.2, 0) is 213 Å². The Morgan fingerprint density at radius 3 is 1.18 bits per heavy atom. The molecule has 1 amide bonds. The Kier molecular flexibility index (Phi) is 105. The van der Waals surface area contributed by atoms with Crippen molar-refractivity contribution in [3.8, 4) is 0 Å². The zero-order valence-corrected chi connectivity index (χ0v) is 55.9. The molecular weight excluding hydrogens is 1360 g/mol. The van der Waals surface area contributed by atoms with Crippen LogP contribution in [0.15, 0.2) is 0 Å².